The predicted octanol–water partition coefficient (Wildman–Crippen LogP) is 4.08. The van der Waals surface area contributed by atoms with Gasteiger partial charge in [0.05, 0.1) is 12.7 Å². The Balaban J connectivity index is 1.79. The number of rotatable bonds is 9. The maximum Gasteiger partial charge on any atom is 0.193 e. The van der Waals surface area contributed by atoms with E-state index < -0.39 is 0 Å². The molecule has 1 unspecified atom stereocenters. The van der Waals surface area contributed by atoms with E-state index in [9.17, 15) is 4.79 Å². The lowest BCUT2D eigenvalue weighted by Gasteiger charge is -2.16. The van der Waals surface area contributed by atoms with E-state index in [-0.39, 0.29) is 18.2 Å². The number of hydrogen-bond acceptors (Lipinski definition) is 4. The van der Waals surface area contributed by atoms with E-state index in [1.807, 2.05) is 51.1 Å². The van der Waals surface area contributed by atoms with Crippen LogP contribution >= 0.6 is 0 Å². The van der Waals surface area contributed by atoms with Crippen LogP contribution in [0.1, 0.15) is 36.7 Å². The smallest absolute Gasteiger partial charge is 0.193 e. The van der Waals surface area contributed by atoms with Crippen LogP contribution in [0.3, 0.4) is 0 Å². The molecule has 0 radical (unpaired) electrons. The van der Waals surface area contributed by atoms with Crippen molar-refractivity contribution in [3.63, 3.8) is 0 Å². The minimum absolute atomic E-state index is 0.00476. The molecule has 2 rings (SSSR count). The third-order valence-corrected chi connectivity index (χ3v) is 3.32. The number of carbonyl (C=O) groups is 1. The van der Waals surface area contributed by atoms with Crippen molar-refractivity contribution in [2.24, 2.45) is 0 Å². The Kier molecular flexibility index (Phi) is 6.97. The molecule has 0 saturated heterocycles. The highest BCUT2D eigenvalue weighted by atomic mass is 16.7. The van der Waals surface area contributed by atoms with Gasteiger partial charge in [0.2, 0.25) is 0 Å². The summed E-state index contributed by atoms with van der Waals surface area (Å²) in [5.41, 5.74) is 1.32. The molecule has 0 aromatic heterocycles. The second kappa shape index (κ2) is 9.21. The van der Waals surface area contributed by atoms with Gasteiger partial charge in [-0.3, -0.25) is 4.79 Å². The molecule has 0 amide bonds. The molecular formula is C20H24O4. The molecule has 128 valence electrons. The van der Waals surface area contributed by atoms with E-state index in [0.717, 1.165) is 0 Å². The van der Waals surface area contributed by atoms with Crippen LogP contribution < -0.4 is 4.74 Å². The maximum atomic E-state index is 12.3. The summed E-state index contributed by atoms with van der Waals surface area (Å²) < 4.78 is 16.6. The van der Waals surface area contributed by atoms with Gasteiger partial charge < -0.3 is 14.2 Å². The van der Waals surface area contributed by atoms with E-state index in [1.54, 1.807) is 24.3 Å². The zero-order chi connectivity index (χ0) is 17.4. The molecule has 0 aliphatic heterocycles. The second-order valence-electron chi connectivity index (χ2n) is 5.69. The molecule has 0 heterocycles. The van der Waals surface area contributed by atoms with E-state index in [2.05, 4.69) is 0 Å². The van der Waals surface area contributed by atoms with E-state index in [0.29, 0.717) is 30.1 Å². The first-order chi connectivity index (χ1) is 11.6. The molecule has 2 aromatic rings. The monoisotopic (exact) mass is 328 g/mol. The van der Waals surface area contributed by atoms with Crippen molar-refractivity contribution >= 4 is 5.78 Å². The standard InChI is InChI=1S/C20H24O4/c1-15(2)24-16(3)22-13-14-23-19-11-9-18(10-12-19)20(21)17-7-5-4-6-8-17/h4-12,15-16H,13-14H2,1-3H3. The van der Waals surface area contributed by atoms with Crippen LogP contribution in [0.2, 0.25) is 0 Å². The summed E-state index contributed by atoms with van der Waals surface area (Å²) in [6.45, 7) is 6.67. The van der Waals surface area contributed by atoms with Gasteiger partial charge in [0.1, 0.15) is 12.4 Å². The van der Waals surface area contributed by atoms with E-state index in [4.69, 9.17) is 14.2 Å². The first-order valence-corrected chi connectivity index (χ1v) is 8.16. The lowest BCUT2D eigenvalue weighted by molar-refractivity contribution is -0.154. The van der Waals surface area contributed by atoms with Gasteiger partial charge in [-0.15, -0.1) is 0 Å². The molecule has 0 aliphatic carbocycles. The number of ether oxygens (including phenoxy) is 3. The van der Waals surface area contributed by atoms with Crippen molar-refractivity contribution in [1.82, 2.24) is 0 Å². The Labute approximate surface area is 143 Å². The molecule has 0 aliphatic rings. The quantitative estimate of drug-likeness (QED) is 0.395. The van der Waals surface area contributed by atoms with Crippen LogP contribution in [0.25, 0.3) is 0 Å². The van der Waals surface area contributed by atoms with Crippen LogP contribution in [-0.2, 0) is 9.47 Å². The lowest BCUT2D eigenvalue weighted by Crippen LogP contribution is -2.20. The molecule has 0 N–H and O–H groups in total. The van der Waals surface area contributed by atoms with Crippen molar-refractivity contribution < 1.29 is 19.0 Å². The molecule has 4 heteroatoms. The molecule has 0 saturated carbocycles. The predicted molar refractivity (Wildman–Crippen MR) is 93.4 cm³/mol. The average molecular weight is 328 g/mol. The summed E-state index contributed by atoms with van der Waals surface area (Å²) >= 11 is 0. The fraction of sp³-hybridized carbons (Fsp3) is 0.350. The Bertz CT molecular complexity index is 620. The molecular weight excluding hydrogens is 304 g/mol. The molecule has 0 bridgehead atoms. The van der Waals surface area contributed by atoms with Crippen molar-refractivity contribution in [2.45, 2.75) is 33.2 Å². The zero-order valence-electron chi connectivity index (χ0n) is 14.4. The highest BCUT2D eigenvalue weighted by Crippen LogP contribution is 2.15. The lowest BCUT2D eigenvalue weighted by atomic mass is 10.0. The van der Waals surface area contributed by atoms with Gasteiger partial charge in [-0.05, 0) is 45.0 Å². The van der Waals surface area contributed by atoms with Crippen LogP contribution in [0.5, 0.6) is 5.75 Å². The Morgan fingerprint density at radius 1 is 0.875 bits per heavy atom. The van der Waals surface area contributed by atoms with Gasteiger partial charge in [0.25, 0.3) is 0 Å². The van der Waals surface area contributed by atoms with Crippen molar-refractivity contribution in [1.29, 1.82) is 0 Å². The maximum absolute atomic E-state index is 12.3. The Morgan fingerprint density at radius 3 is 2.12 bits per heavy atom. The number of carbonyl (C=O) groups excluding carboxylic acids is 1. The normalized spacial score (nSPS) is 12.2. The molecule has 0 fully saturated rings. The largest absolute Gasteiger partial charge is 0.491 e. The van der Waals surface area contributed by atoms with Crippen LogP contribution in [-0.4, -0.2) is 31.4 Å². The molecule has 4 nitrogen and oxygen atoms in total. The summed E-state index contributed by atoms with van der Waals surface area (Å²) in [6.07, 6.45) is -0.116. The summed E-state index contributed by atoms with van der Waals surface area (Å²) in [7, 11) is 0. The van der Waals surface area contributed by atoms with Crippen molar-refractivity contribution in [2.75, 3.05) is 13.2 Å². The highest BCUT2D eigenvalue weighted by Gasteiger charge is 2.08. The van der Waals surface area contributed by atoms with Gasteiger partial charge in [0.15, 0.2) is 12.1 Å². The number of hydrogen-bond donors (Lipinski definition) is 0. The summed E-state index contributed by atoms with van der Waals surface area (Å²) in [4.78, 5) is 12.3. The third-order valence-electron chi connectivity index (χ3n) is 3.32. The fourth-order valence-electron chi connectivity index (χ4n) is 2.25. The Morgan fingerprint density at radius 2 is 1.50 bits per heavy atom. The van der Waals surface area contributed by atoms with Gasteiger partial charge >= 0.3 is 0 Å². The topological polar surface area (TPSA) is 44.8 Å². The van der Waals surface area contributed by atoms with Crippen LogP contribution in [0.4, 0.5) is 0 Å². The van der Waals surface area contributed by atoms with Crippen molar-refractivity contribution in [3.8, 4) is 5.75 Å². The van der Waals surface area contributed by atoms with Gasteiger partial charge in [0, 0.05) is 11.1 Å². The van der Waals surface area contributed by atoms with Gasteiger partial charge in [-0.1, -0.05) is 30.3 Å². The number of ketones is 1. The SMILES string of the molecule is CC(C)OC(C)OCCOc1ccc(C(=O)c2ccccc2)cc1. The first kappa shape index (κ1) is 18.2. The molecule has 2 aromatic carbocycles. The van der Waals surface area contributed by atoms with Crippen LogP contribution in [0, 0.1) is 0 Å². The van der Waals surface area contributed by atoms with E-state index in [1.165, 1.54) is 0 Å². The summed E-state index contributed by atoms with van der Waals surface area (Å²) in [6, 6.07) is 16.4. The van der Waals surface area contributed by atoms with Crippen LogP contribution in [0.15, 0.2) is 54.6 Å². The van der Waals surface area contributed by atoms with E-state index >= 15 is 0 Å². The van der Waals surface area contributed by atoms with Gasteiger partial charge in [-0.25, -0.2) is 0 Å². The van der Waals surface area contributed by atoms with Gasteiger partial charge in [-0.2, -0.15) is 0 Å². The minimum Gasteiger partial charge on any atom is -0.491 e. The second-order valence-corrected chi connectivity index (χ2v) is 5.69. The molecule has 0 spiro atoms. The average Bonchev–Trinajstić information content (AvgIpc) is 2.59. The zero-order valence-corrected chi connectivity index (χ0v) is 14.4. The third kappa shape index (κ3) is 5.80. The minimum atomic E-state index is -0.250. The first-order valence-electron chi connectivity index (χ1n) is 8.16. The fourth-order valence-corrected chi connectivity index (χ4v) is 2.25. The summed E-state index contributed by atoms with van der Waals surface area (Å²) in [5, 5.41) is 0. The molecule has 1 atom stereocenters. The summed E-state index contributed by atoms with van der Waals surface area (Å²) in [5.74, 6) is 0.714. The molecule has 24 heavy (non-hydrogen) atoms. The number of benzene rings is 2. The van der Waals surface area contributed by atoms with Crippen molar-refractivity contribution in [3.05, 3.63) is 65.7 Å². The highest BCUT2D eigenvalue weighted by molar-refractivity contribution is 6.08. The Hall–Kier alpha value is -2.17.